The van der Waals surface area contributed by atoms with Crippen LogP contribution in [0.1, 0.15) is 33.1 Å². The summed E-state index contributed by atoms with van der Waals surface area (Å²) in [5.74, 6) is 1.000. The summed E-state index contributed by atoms with van der Waals surface area (Å²) in [7, 11) is 1.86. The second-order valence-electron chi connectivity index (χ2n) is 5.07. The number of likely N-dealkylation sites (N-methyl/N-ethyl adjacent to an activating group) is 1. The Balaban J connectivity index is 2.50. The summed E-state index contributed by atoms with van der Waals surface area (Å²) < 4.78 is 0. The second kappa shape index (κ2) is 6.97. The average molecular weight is 241 g/mol. The summed E-state index contributed by atoms with van der Waals surface area (Å²) in [4.78, 5) is 15.9. The Morgan fingerprint density at radius 1 is 1.47 bits per heavy atom. The highest BCUT2D eigenvalue weighted by Gasteiger charge is 2.28. The zero-order chi connectivity index (χ0) is 12.8. The molecule has 0 aromatic heterocycles. The van der Waals surface area contributed by atoms with E-state index in [4.69, 9.17) is 5.73 Å². The van der Waals surface area contributed by atoms with E-state index in [1.807, 2.05) is 14.0 Å². The normalized spacial score (nSPS) is 25.9. The van der Waals surface area contributed by atoms with Crippen LogP contribution < -0.4 is 5.73 Å². The maximum absolute atomic E-state index is 11.9. The quantitative estimate of drug-likeness (QED) is 0.778. The maximum Gasteiger partial charge on any atom is 0.236 e. The van der Waals surface area contributed by atoms with Gasteiger partial charge in [-0.15, -0.1) is 0 Å². The Morgan fingerprint density at radius 2 is 2.18 bits per heavy atom. The SMILES string of the molecule is CCC1CCN(CC(=O)N(C)CC)C(CN)C1. The van der Waals surface area contributed by atoms with Crippen LogP contribution in [0.4, 0.5) is 0 Å². The smallest absolute Gasteiger partial charge is 0.236 e. The highest BCUT2D eigenvalue weighted by molar-refractivity contribution is 5.78. The summed E-state index contributed by atoms with van der Waals surface area (Å²) in [6.07, 6.45) is 3.58. The fourth-order valence-electron chi connectivity index (χ4n) is 2.48. The van der Waals surface area contributed by atoms with E-state index in [-0.39, 0.29) is 5.91 Å². The molecule has 4 heteroatoms. The first-order valence-corrected chi connectivity index (χ1v) is 6.80. The standard InChI is InChI=1S/C13H27N3O/c1-4-11-6-7-16(12(8-11)9-14)10-13(17)15(3)5-2/h11-12H,4-10,14H2,1-3H3. The van der Waals surface area contributed by atoms with Crippen molar-refractivity contribution in [2.24, 2.45) is 11.7 Å². The molecule has 0 saturated carbocycles. The van der Waals surface area contributed by atoms with E-state index in [0.717, 1.165) is 25.4 Å². The predicted octanol–water partition coefficient (Wildman–Crippen LogP) is 0.914. The maximum atomic E-state index is 11.9. The van der Waals surface area contributed by atoms with Gasteiger partial charge >= 0.3 is 0 Å². The van der Waals surface area contributed by atoms with Gasteiger partial charge in [-0.05, 0) is 32.2 Å². The molecule has 1 aliphatic rings. The van der Waals surface area contributed by atoms with E-state index in [0.29, 0.717) is 19.1 Å². The molecule has 0 aromatic carbocycles. The number of nitrogens with zero attached hydrogens (tertiary/aromatic N) is 2. The first-order chi connectivity index (χ1) is 8.12. The third-order valence-corrected chi connectivity index (χ3v) is 4.03. The van der Waals surface area contributed by atoms with E-state index in [9.17, 15) is 4.79 Å². The average Bonchev–Trinajstić information content (AvgIpc) is 2.37. The van der Waals surface area contributed by atoms with Gasteiger partial charge in [0.1, 0.15) is 0 Å². The lowest BCUT2D eigenvalue weighted by Gasteiger charge is -2.38. The third-order valence-electron chi connectivity index (χ3n) is 4.03. The van der Waals surface area contributed by atoms with Gasteiger partial charge in [-0.2, -0.15) is 0 Å². The van der Waals surface area contributed by atoms with E-state index in [2.05, 4.69) is 11.8 Å². The summed E-state index contributed by atoms with van der Waals surface area (Å²) in [5.41, 5.74) is 5.83. The van der Waals surface area contributed by atoms with Crippen molar-refractivity contribution >= 4 is 5.91 Å². The number of hydrogen-bond acceptors (Lipinski definition) is 3. The molecule has 0 radical (unpaired) electrons. The molecule has 1 saturated heterocycles. The van der Waals surface area contributed by atoms with Crippen LogP contribution in [0.25, 0.3) is 0 Å². The van der Waals surface area contributed by atoms with Crippen molar-refractivity contribution < 1.29 is 4.79 Å². The monoisotopic (exact) mass is 241 g/mol. The van der Waals surface area contributed by atoms with Gasteiger partial charge in [0, 0.05) is 26.2 Å². The molecule has 4 nitrogen and oxygen atoms in total. The van der Waals surface area contributed by atoms with E-state index in [1.54, 1.807) is 4.90 Å². The molecule has 0 bridgehead atoms. The molecule has 1 rings (SSSR count). The van der Waals surface area contributed by atoms with Crippen molar-refractivity contribution in [2.75, 3.05) is 33.2 Å². The van der Waals surface area contributed by atoms with Crippen LogP contribution >= 0.6 is 0 Å². The van der Waals surface area contributed by atoms with Crippen LogP contribution in [-0.2, 0) is 4.79 Å². The molecule has 2 unspecified atom stereocenters. The van der Waals surface area contributed by atoms with Gasteiger partial charge in [0.2, 0.25) is 5.91 Å². The number of carbonyl (C=O) groups is 1. The molecule has 0 aliphatic carbocycles. The van der Waals surface area contributed by atoms with Crippen molar-refractivity contribution in [1.82, 2.24) is 9.80 Å². The minimum atomic E-state index is 0.209. The molecular weight excluding hydrogens is 214 g/mol. The Morgan fingerprint density at radius 3 is 2.71 bits per heavy atom. The van der Waals surface area contributed by atoms with Crippen molar-refractivity contribution in [2.45, 2.75) is 39.2 Å². The Kier molecular flexibility index (Phi) is 5.92. The van der Waals surface area contributed by atoms with Crippen LogP contribution in [0.2, 0.25) is 0 Å². The molecule has 1 heterocycles. The van der Waals surface area contributed by atoms with Crippen molar-refractivity contribution in [1.29, 1.82) is 0 Å². The summed E-state index contributed by atoms with van der Waals surface area (Å²) >= 11 is 0. The van der Waals surface area contributed by atoms with Gasteiger partial charge in [0.15, 0.2) is 0 Å². The predicted molar refractivity (Wildman–Crippen MR) is 70.7 cm³/mol. The third kappa shape index (κ3) is 3.96. The molecular formula is C13H27N3O. The van der Waals surface area contributed by atoms with Crippen LogP contribution in [0.3, 0.4) is 0 Å². The lowest BCUT2D eigenvalue weighted by molar-refractivity contribution is -0.132. The van der Waals surface area contributed by atoms with Crippen molar-refractivity contribution in [3.05, 3.63) is 0 Å². The number of carbonyl (C=O) groups excluding carboxylic acids is 1. The first-order valence-electron chi connectivity index (χ1n) is 6.80. The van der Waals surface area contributed by atoms with E-state index >= 15 is 0 Å². The van der Waals surface area contributed by atoms with Gasteiger partial charge in [-0.3, -0.25) is 9.69 Å². The van der Waals surface area contributed by atoms with Crippen LogP contribution in [0, 0.1) is 5.92 Å². The second-order valence-corrected chi connectivity index (χ2v) is 5.07. The van der Waals surface area contributed by atoms with Gasteiger partial charge in [0.25, 0.3) is 0 Å². The molecule has 1 aliphatic heterocycles. The lowest BCUT2D eigenvalue weighted by atomic mass is 9.89. The molecule has 17 heavy (non-hydrogen) atoms. The largest absolute Gasteiger partial charge is 0.345 e. The lowest BCUT2D eigenvalue weighted by Crippen LogP contribution is -2.50. The fourth-order valence-corrected chi connectivity index (χ4v) is 2.48. The highest BCUT2D eigenvalue weighted by Crippen LogP contribution is 2.24. The van der Waals surface area contributed by atoms with Gasteiger partial charge in [-0.25, -0.2) is 0 Å². The van der Waals surface area contributed by atoms with Gasteiger partial charge < -0.3 is 10.6 Å². The number of amides is 1. The summed E-state index contributed by atoms with van der Waals surface area (Å²) in [6, 6.07) is 0.392. The Bertz CT molecular complexity index is 245. The number of piperidine rings is 1. The number of hydrogen-bond donors (Lipinski definition) is 1. The van der Waals surface area contributed by atoms with E-state index in [1.165, 1.54) is 12.8 Å². The summed E-state index contributed by atoms with van der Waals surface area (Å²) in [5, 5.41) is 0. The summed E-state index contributed by atoms with van der Waals surface area (Å²) in [6.45, 7) is 7.23. The minimum Gasteiger partial charge on any atom is -0.345 e. The van der Waals surface area contributed by atoms with Crippen LogP contribution in [-0.4, -0.2) is 55.0 Å². The van der Waals surface area contributed by atoms with Gasteiger partial charge in [0.05, 0.1) is 6.54 Å². The zero-order valence-electron chi connectivity index (χ0n) is 11.5. The molecule has 100 valence electrons. The van der Waals surface area contributed by atoms with Gasteiger partial charge in [-0.1, -0.05) is 13.3 Å². The zero-order valence-corrected chi connectivity index (χ0v) is 11.5. The van der Waals surface area contributed by atoms with Crippen molar-refractivity contribution in [3.8, 4) is 0 Å². The molecule has 1 fully saturated rings. The number of likely N-dealkylation sites (tertiary alicyclic amines) is 1. The molecule has 1 amide bonds. The van der Waals surface area contributed by atoms with Crippen LogP contribution in [0.15, 0.2) is 0 Å². The number of nitrogens with two attached hydrogens (primary N) is 1. The first kappa shape index (κ1) is 14.5. The van der Waals surface area contributed by atoms with E-state index < -0.39 is 0 Å². The highest BCUT2D eigenvalue weighted by atomic mass is 16.2. The Hall–Kier alpha value is -0.610. The molecule has 0 aromatic rings. The topological polar surface area (TPSA) is 49.6 Å². The van der Waals surface area contributed by atoms with Crippen LogP contribution in [0.5, 0.6) is 0 Å². The fraction of sp³-hybridized carbons (Fsp3) is 0.923. The number of rotatable bonds is 5. The Labute approximate surface area is 105 Å². The molecule has 2 atom stereocenters. The minimum absolute atomic E-state index is 0.209. The molecule has 2 N–H and O–H groups in total. The van der Waals surface area contributed by atoms with Crippen molar-refractivity contribution in [3.63, 3.8) is 0 Å². The molecule has 0 spiro atoms.